The molecule has 2 aromatic rings. The number of hydrogen-bond acceptors (Lipinski definition) is 4. The van der Waals surface area contributed by atoms with Gasteiger partial charge in [0.05, 0.1) is 10.9 Å². The number of aromatic nitrogens is 2. The zero-order chi connectivity index (χ0) is 14.8. The molecule has 6 heteroatoms. The lowest BCUT2D eigenvalue weighted by Gasteiger charge is -2.20. The summed E-state index contributed by atoms with van der Waals surface area (Å²) in [6, 6.07) is 3.81. The van der Waals surface area contributed by atoms with E-state index in [1.54, 1.807) is 6.20 Å². The summed E-state index contributed by atoms with van der Waals surface area (Å²) in [7, 11) is 0. The van der Waals surface area contributed by atoms with Gasteiger partial charge in [-0.25, -0.2) is 4.98 Å². The summed E-state index contributed by atoms with van der Waals surface area (Å²) in [6.45, 7) is 5.57. The van der Waals surface area contributed by atoms with E-state index in [-0.39, 0.29) is 18.1 Å². The Morgan fingerprint density at radius 3 is 3.14 bits per heavy atom. The number of ether oxygens (including phenoxy) is 1. The van der Waals surface area contributed by atoms with Crippen molar-refractivity contribution in [3.05, 3.63) is 40.1 Å². The Morgan fingerprint density at radius 2 is 2.43 bits per heavy atom. The van der Waals surface area contributed by atoms with Gasteiger partial charge in [0.15, 0.2) is 0 Å². The molecule has 1 N–H and O–H groups in total. The second kappa shape index (κ2) is 5.99. The zero-order valence-electron chi connectivity index (χ0n) is 12.2. The van der Waals surface area contributed by atoms with Crippen molar-refractivity contribution in [3.8, 4) is 0 Å². The number of hydrogen-bond donors (Lipinski definition) is 1. The van der Waals surface area contributed by atoms with Crippen molar-refractivity contribution in [1.82, 2.24) is 14.9 Å². The van der Waals surface area contributed by atoms with Crippen molar-refractivity contribution >= 4 is 17.2 Å². The Morgan fingerprint density at radius 1 is 1.57 bits per heavy atom. The third kappa shape index (κ3) is 2.87. The van der Waals surface area contributed by atoms with Gasteiger partial charge in [-0.15, -0.1) is 11.3 Å². The molecule has 3 rings (SSSR count). The molecular weight excluding hydrogens is 286 g/mol. The van der Waals surface area contributed by atoms with Crippen molar-refractivity contribution in [2.45, 2.75) is 39.0 Å². The van der Waals surface area contributed by atoms with Crippen LogP contribution >= 0.6 is 11.3 Å². The number of amides is 1. The highest BCUT2D eigenvalue weighted by Gasteiger charge is 2.34. The SMILES string of the molecule is CCn1ccnc1[C@H]1OCC[C@@H]1NC(=O)c1ccc(C)s1. The fourth-order valence-corrected chi connectivity index (χ4v) is 3.40. The Labute approximate surface area is 128 Å². The lowest BCUT2D eigenvalue weighted by atomic mass is 10.1. The first-order valence-corrected chi connectivity index (χ1v) is 8.00. The molecule has 1 saturated heterocycles. The van der Waals surface area contributed by atoms with E-state index < -0.39 is 0 Å². The summed E-state index contributed by atoms with van der Waals surface area (Å²) in [5.74, 6) is 0.867. The molecule has 0 aromatic carbocycles. The Kier molecular flexibility index (Phi) is 4.07. The zero-order valence-corrected chi connectivity index (χ0v) is 13.0. The van der Waals surface area contributed by atoms with Gasteiger partial charge in [-0.2, -0.15) is 0 Å². The van der Waals surface area contributed by atoms with Gasteiger partial charge in [-0.1, -0.05) is 0 Å². The first-order valence-electron chi connectivity index (χ1n) is 7.19. The minimum absolute atomic E-state index is 0.0207. The van der Waals surface area contributed by atoms with E-state index in [4.69, 9.17) is 4.74 Å². The van der Waals surface area contributed by atoms with Crippen LogP contribution in [-0.2, 0) is 11.3 Å². The van der Waals surface area contributed by atoms with Crippen LogP contribution in [0.4, 0.5) is 0 Å². The van der Waals surface area contributed by atoms with Crippen LogP contribution in [0.1, 0.15) is 39.8 Å². The molecule has 0 spiro atoms. The van der Waals surface area contributed by atoms with Crippen LogP contribution in [0.15, 0.2) is 24.5 Å². The average molecular weight is 305 g/mol. The summed E-state index contributed by atoms with van der Waals surface area (Å²) in [4.78, 5) is 18.6. The minimum Gasteiger partial charge on any atom is -0.368 e. The van der Waals surface area contributed by atoms with E-state index in [0.717, 1.165) is 28.5 Å². The molecule has 21 heavy (non-hydrogen) atoms. The van der Waals surface area contributed by atoms with E-state index in [1.165, 1.54) is 11.3 Å². The molecule has 0 radical (unpaired) electrons. The molecule has 3 heterocycles. The molecule has 0 aliphatic carbocycles. The molecule has 5 nitrogen and oxygen atoms in total. The number of rotatable bonds is 4. The van der Waals surface area contributed by atoms with E-state index >= 15 is 0 Å². The number of thiophene rings is 1. The van der Waals surface area contributed by atoms with Crippen molar-refractivity contribution in [2.75, 3.05) is 6.61 Å². The highest BCUT2D eigenvalue weighted by Crippen LogP contribution is 2.28. The third-order valence-electron chi connectivity index (χ3n) is 3.72. The van der Waals surface area contributed by atoms with Crippen LogP contribution in [0.3, 0.4) is 0 Å². The molecule has 1 fully saturated rings. The predicted octanol–water partition coefficient (Wildman–Crippen LogP) is 2.53. The van der Waals surface area contributed by atoms with Gasteiger partial charge in [-0.05, 0) is 32.4 Å². The second-order valence-electron chi connectivity index (χ2n) is 5.14. The van der Waals surface area contributed by atoms with E-state index in [1.807, 2.05) is 25.3 Å². The summed E-state index contributed by atoms with van der Waals surface area (Å²) < 4.78 is 7.86. The lowest BCUT2D eigenvalue weighted by Crippen LogP contribution is -2.37. The van der Waals surface area contributed by atoms with Gasteiger partial charge in [0.1, 0.15) is 11.9 Å². The number of carbonyl (C=O) groups excluding carboxylic acids is 1. The summed E-state index contributed by atoms with van der Waals surface area (Å²) in [5, 5.41) is 3.09. The maximum absolute atomic E-state index is 12.3. The Hall–Kier alpha value is -1.66. The summed E-state index contributed by atoms with van der Waals surface area (Å²) in [6.07, 6.45) is 4.38. The number of nitrogens with zero attached hydrogens (tertiary/aromatic N) is 2. The van der Waals surface area contributed by atoms with E-state index in [0.29, 0.717) is 6.61 Å². The van der Waals surface area contributed by atoms with Gasteiger partial charge in [0, 0.05) is 30.4 Å². The molecule has 1 amide bonds. The molecule has 0 saturated carbocycles. The topological polar surface area (TPSA) is 56.1 Å². The van der Waals surface area contributed by atoms with E-state index in [9.17, 15) is 4.79 Å². The fourth-order valence-electron chi connectivity index (χ4n) is 2.63. The molecular formula is C15H19N3O2S. The van der Waals surface area contributed by atoms with Crippen molar-refractivity contribution in [3.63, 3.8) is 0 Å². The highest BCUT2D eigenvalue weighted by molar-refractivity contribution is 7.13. The van der Waals surface area contributed by atoms with Gasteiger partial charge in [0.25, 0.3) is 5.91 Å². The van der Waals surface area contributed by atoms with Crippen LogP contribution in [0.2, 0.25) is 0 Å². The third-order valence-corrected chi connectivity index (χ3v) is 4.71. The lowest BCUT2D eigenvalue weighted by molar-refractivity contribution is 0.0778. The van der Waals surface area contributed by atoms with Gasteiger partial charge in [0.2, 0.25) is 0 Å². The minimum atomic E-state index is -0.162. The first-order chi connectivity index (χ1) is 10.2. The maximum atomic E-state index is 12.3. The summed E-state index contributed by atoms with van der Waals surface area (Å²) in [5.41, 5.74) is 0. The standard InChI is InChI=1S/C15H19N3O2S/c1-3-18-8-7-16-14(18)13-11(6-9-20-13)17-15(19)12-5-4-10(2)21-12/h4-5,7-8,11,13H,3,6,9H2,1-2H3,(H,17,19)/t11-,13-/m0/s1. The van der Waals surface area contributed by atoms with Crippen molar-refractivity contribution in [1.29, 1.82) is 0 Å². The molecule has 0 unspecified atom stereocenters. The fraction of sp³-hybridized carbons (Fsp3) is 0.467. The van der Waals surface area contributed by atoms with Crippen molar-refractivity contribution in [2.24, 2.45) is 0 Å². The van der Waals surface area contributed by atoms with Gasteiger partial charge in [-0.3, -0.25) is 4.79 Å². The van der Waals surface area contributed by atoms with Gasteiger partial charge < -0.3 is 14.6 Å². The molecule has 1 aliphatic heterocycles. The quantitative estimate of drug-likeness (QED) is 0.944. The molecule has 112 valence electrons. The first kappa shape index (κ1) is 14.3. The van der Waals surface area contributed by atoms with Crippen LogP contribution < -0.4 is 5.32 Å². The molecule has 2 atom stereocenters. The van der Waals surface area contributed by atoms with Crippen LogP contribution in [0, 0.1) is 6.92 Å². The smallest absolute Gasteiger partial charge is 0.261 e. The molecule has 2 aromatic heterocycles. The van der Waals surface area contributed by atoms with Crippen molar-refractivity contribution < 1.29 is 9.53 Å². The predicted molar refractivity (Wildman–Crippen MR) is 81.5 cm³/mol. The monoisotopic (exact) mass is 305 g/mol. The summed E-state index contributed by atoms with van der Waals surface area (Å²) >= 11 is 1.51. The highest BCUT2D eigenvalue weighted by atomic mass is 32.1. The normalized spacial score (nSPS) is 21.6. The average Bonchev–Trinajstić information content (AvgIpc) is 3.17. The number of nitrogens with one attached hydrogen (secondary N) is 1. The number of imidazole rings is 1. The van der Waals surface area contributed by atoms with Crippen LogP contribution in [0.5, 0.6) is 0 Å². The van der Waals surface area contributed by atoms with E-state index in [2.05, 4.69) is 21.8 Å². The van der Waals surface area contributed by atoms with Crippen LogP contribution in [-0.4, -0.2) is 28.1 Å². The number of aryl methyl sites for hydroxylation is 2. The van der Waals surface area contributed by atoms with Gasteiger partial charge >= 0.3 is 0 Å². The maximum Gasteiger partial charge on any atom is 0.261 e. The largest absolute Gasteiger partial charge is 0.368 e. The van der Waals surface area contributed by atoms with Crippen LogP contribution in [0.25, 0.3) is 0 Å². The molecule has 0 bridgehead atoms. The Bertz CT molecular complexity index is 634. The number of carbonyl (C=O) groups is 1. The second-order valence-corrected chi connectivity index (χ2v) is 6.43. The molecule has 1 aliphatic rings. The Balaban J connectivity index is 1.74.